The summed E-state index contributed by atoms with van der Waals surface area (Å²) >= 11 is 0. The Labute approximate surface area is 75.2 Å². The highest BCUT2D eigenvalue weighted by Crippen LogP contribution is 2.15. The van der Waals surface area contributed by atoms with Gasteiger partial charge in [0.05, 0.1) is 6.10 Å². The number of hydrogen-bond acceptors (Lipinski definition) is 2. The zero-order valence-corrected chi connectivity index (χ0v) is 8.12. The van der Waals surface area contributed by atoms with Crippen LogP contribution in [0.25, 0.3) is 0 Å². The summed E-state index contributed by atoms with van der Waals surface area (Å²) in [6.07, 6.45) is 4.81. The van der Waals surface area contributed by atoms with Gasteiger partial charge in [-0.25, -0.2) is 0 Å². The monoisotopic (exact) mass is 169 g/mol. The molecule has 2 heteroatoms. The molecular formula is C10H19NO. The fourth-order valence-electron chi connectivity index (χ4n) is 1.67. The molecule has 0 spiro atoms. The molecule has 0 bridgehead atoms. The molecule has 0 aromatic heterocycles. The van der Waals surface area contributed by atoms with Crippen LogP contribution in [0, 0.1) is 0 Å². The lowest BCUT2D eigenvalue weighted by atomic mass is 10.1. The largest absolute Gasteiger partial charge is 0.381 e. The second kappa shape index (κ2) is 4.63. The maximum absolute atomic E-state index is 5.30. The number of methoxy groups -OCH3 is 1. The molecule has 0 amide bonds. The van der Waals surface area contributed by atoms with Crippen molar-refractivity contribution in [3.05, 3.63) is 12.7 Å². The first-order valence-corrected chi connectivity index (χ1v) is 4.67. The molecule has 12 heavy (non-hydrogen) atoms. The maximum atomic E-state index is 5.30. The zero-order valence-electron chi connectivity index (χ0n) is 8.12. The van der Waals surface area contributed by atoms with Gasteiger partial charge in [-0.1, -0.05) is 6.08 Å². The lowest BCUT2D eigenvalue weighted by molar-refractivity contribution is 0.0354. The van der Waals surface area contributed by atoms with E-state index in [1.165, 1.54) is 0 Å². The number of likely N-dealkylation sites (tertiary alicyclic amines) is 1. The van der Waals surface area contributed by atoms with Gasteiger partial charge in [-0.05, 0) is 19.8 Å². The van der Waals surface area contributed by atoms with Crippen LogP contribution < -0.4 is 0 Å². The molecule has 0 aromatic rings. The minimum absolute atomic E-state index is 0.485. The summed E-state index contributed by atoms with van der Waals surface area (Å²) in [5, 5.41) is 0. The van der Waals surface area contributed by atoms with E-state index in [1.54, 1.807) is 7.11 Å². The SMILES string of the molecule is C=CC(C)N1CCC(OC)CC1. The molecule has 0 aromatic carbocycles. The molecule has 0 aliphatic carbocycles. The van der Waals surface area contributed by atoms with Crippen molar-refractivity contribution >= 4 is 0 Å². The van der Waals surface area contributed by atoms with Gasteiger partial charge in [0, 0.05) is 26.2 Å². The third-order valence-corrected chi connectivity index (χ3v) is 2.73. The Morgan fingerprint density at radius 3 is 2.50 bits per heavy atom. The molecule has 1 aliphatic heterocycles. The van der Waals surface area contributed by atoms with Crippen molar-refractivity contribution in [3.63, 3.8) is 0 Å². The molecule has 1 fully saturated rings. The molecule has 1 rings (SSSR count). The smallest absolute Gasteiger partial charge is 0.0595 e. The van der Waals surface area contributed by atoms with Gasteiger partial charge < -0.3 is 4.74 Å². The zero-order chi connectivity index (χ0) is 8.97. The summed E-state index contributed by atoms with van der Waals surface area (Å²) in [6.45, 7) is 8.29. The average Bonchev–Trinajstić information content (AvgIpc) is 2.17. The van der Waals surface area contributed by atoms with Gasteiger partial charge >= 0.3 is 0 Å². The first kappa shape index (κ1) is 9.75. The molecule has 1 saturated heterocycles. The Kier molecular flexibility index (Phi) is 3.76. The summed E-state index contributed by atoms with van der Waals surface area (Å²) in [5.41, 5.74) is 0. The van der Waals surface area contributed by atoms with E-state index >= 15 is 0 Å². The first-order valence-electron chi connectivity index (χ1n) is 4.67. The van der Waals surface area contributed by atoms with E-state index in [0.717, 1.165) is 25.9 Å². The lowest BCUT2D eigenvalue weighted by Crippen LogP contribution is -2.41. The summed E-state index contributed by atoms with van der Waals surface area (Å²) in [4.78, 5) is 2.45. The molecule has 0 N–H and O–H groups in total. The van der Waals surface area contributed by atoms with Crippen molar-refractivity contribution in [2.24, 2.45) is 0 Å². The molecule has 1 unspecified atom stereocenters. The Balaban J connectivity index is 2.30. The van der Waals surface area contributed by atoms with Crippen molar-refractivity contribution in [1.29, 1.82) is 0 Å². The van der Waals surface area contributed by atoms with Crippen LogP contribution in [-0.4, -0.2) is 37.2 Å². The molecule has 1 aliphatic rings. The van der Waals surface area contributed by atoms with Gasteiger partial charge in [-0.15, -0.1) is 6.58 Å². The van der Waals surface area contributed by atoms with Gasteiger partial charge in [0.1, 0.15) is 0 Å². The third kappa shape index (κ3) is 2.32. The Bertz CT molecular complexity index is 139. The second-order valence-electron chi connectivity index (χ2n) is 3.45. The van der Waals surface area contributed by atoms with E-state index in [-0.39, 0.29) is 0 Å². The average molecular weight is 169 g/mol. The van der Waals surface area contributed by atoms with Gasteiger partial charge in [-0.3, -0.25) is 4.90 Å². The highest BCUT2D eigenvalue weighted by Gasteiger charge is 2.20. The molecular weight excluding hydrogens is 150 g/mol. The molecule has 0 radical (unpaired) electrons. The maximum Gasteiger partial charge on any atom is 0.0595 e. The quantitative estimate of drug-likeness (QED) is 0.596. The Morgan fingerprint density at radius 2 is 2.08 bits per heavy atom. The lowest BCUT2D eigenvalue weighted by Gasteiger charge is -2.34. The normalized spacial score (nSPS) is 23.8. The van der Waals surface area contributed by atoms with Crippen molar-refractivity contribution in [2.75, 3.05) is 20.2 Å². The van der Waals surface area contributed by atoms with Crippen LogP contribution in [-0.2, 0) is 4.74 Å². The van der Waals surface area contributed by atoms with E-state index in [0.29, 0.717) is 12.1 Å². The number of hydrogen-bond donors (Lipinski definition) is 0. The minimum Gasteiger partial charge on any atom is -0.381 e. The van der Waals surface area contributed by atoms with Crippen LogP contribution >= 0.6 is 0 Å². The van der Waals surface area contributed by atoms with Crippen LogP contribution in [0.3, 0.4) is 0 Å². The van der Waals surface area contributed by atoms with Gasteiger partial charge in [-0.2, -0.15) is 0 Å². The Morgan fingerprint density at radius 1 is 1.50 bits per heavy atom. The molecule has 1 heterocycles. The van der Waals surface area contributed by atoms with Crippen LogP contribution in [0.4, 0.5) is 0 Å². The third-order valence-electron chi connectivity index (χ3n) is 2.73. The van der Waals surface area contributed by atoms with Crippen LogP contribution in [0.1, 0.15) is 19.8 Å². The molecule has 2 nitrogen and oxygen atoms in total. The number of piperidine rings is 1. The highest BCUT2D eigenvalue weighted by molar-refractivity contribution is 4.86. The van der Waals surface area contributed by atoms with E-state index in [9.17, 15) is 0 Å². The summed E-state index contributed by atoms with van der Waals surface area (Å²) in [5.74, 6) is 0. The molecule has 0 saturated carbocycles. The first-order chi connectivity index (χ1) is 5.77. The van der Waals surface area contributed by atoms with Crippen molar-refractivity contribution < 1.29 is 4.74 Å². The molecule has 1 atom stereocenters. The highest BCUT2D eigenvalue weighted by atomic mass is 16.5. The number of rotatable bonds is 3. The van der Waals surface area contributed by atoms with Gasteiger partial charge in [0.2, 0.25) is 0 Å². The fourth-order valence-corrected chi connectivity index (χ4v) is 1.67. The summed E-state index contributed by atoms with van der Waals surface area (Å²) in [6, 6.07) is 0.516. The van der Waals surface area contributed by atoms with E-state index in [1.807, 2.05) is 6.08 Å². The number of ether oxygens (including phenoxy) is 1. The van der Waals surface area contributed by atoms with Crippen LogP contribution in [0.2, 0.25) is 0 Å². The van der Waals surface area contributed by atoms with E-state index < -0.39 is 0 Å². The summed E-state index contributed by atoms with van der Waals surface area (Å²) in [7, 11) is 1.80. The molecule has 70 valence electrons. The van der Waals surface area contributed by atoms with Crippen molar-refractivity contribution in [3.8, 4) is 0 Å². The standard InChI is InChI=1S/C10H19NO/c1-4-9(2)11-7-5-10(12-3)6-8-11/h4,9-10H,1,5-8H2,2-3H3. The van der Waals surface area contributed by atoms with Crippen molar-refractivity contribution in [1.82, 2.24) is 4.90 Å². The van der Waals surface area contributed by atoms with Gasteiger partial charge in [0.15, 0.2) is 0 Å². The topological polar surface area (TPSA) is 12.5 Å². The Hall–Kier alpha value is -0.340. The van der Waals surface area contributed by atoms with Crippen molar-refractivity contribution in [2.45, 2.75) is 31.9 Å². The van der Waals surface area contributed by atoms with E-state index in [4.69, 9.17) is 4.74 Å². The summed E-state index contributed by atoms with van der Waals surface area (Å²) < 4.78 is 5.30. The van der Waals surface area contributed by atoms with Crippen LogP contribution in [0.5, 0.6) is 0 Å². The number of nitrogens with zero attached hydrogens (tertiary/aromatic N) is 1. The predicted molar refractivity (Wildman–Crippen MR) is 51.3 cm³/mol. The second-order valence-corrected chi connectivity index (χ2v) is 3.45. The van der Waals surface area contributed by atoms with Crippen LogP contribution in [0.15, 0.2) is 12.7 Å². The van der Waals surface area contributed by atoms with E-state index in [2.05, 4.69) is 18.4 Å². The predicted octanol–water partition coefficient (Wildman–Crippen LogP) is 1.67. The fraction of sp³-hybridized carbons (Fsp3) is 0.800. The van der Waals surface area contributed by atoms with Gasteiger partial charge in [0.25, 0.3) is 0 Å². The minimum atomic E-state index is 0.485.